The molecule has 0 aromatic heterocycles. The molecule has 0 saturated carbocycles. The topological polar surface area (TPSA) is 66.4 Å². The van der Waals surface area contributed by atoms with E-state index in [1.54, 1.807) is 6.92 Å². The summed E-state index contributed by atoms with van der Waals surface area (Å²) < 4.78 is 0. The summed E-state index contributed by atoms with van der Waals surface area (Å²) in [5.41, 5.74) is 0. The van der Waals surface area contributed by atoms with Crippen molar-refractivity contribution in [3.8, 4) is 0 Å². The van der Waals surface area contributed by atoms with Gasteiger partial charge in [0.1, 0.15) is 13.4 Å². The number of halogens is 1. The molecule has 0 aromatic carbocycles. The molecule has 0 aliphatic rings. The Hall–Kier alpha value is -0.553. The van der Waals surface area contributed by atoms with Crippen LogP contribution in [0.2, 0.25) is 19.6 Å². The van der Waals surface area contributed by atoms with Crippen LogP contribution in [-0.4, -0.2) is 30.4 Å². The number of carbonyl (C=O) groups is 2. The van der Waals surface area contributed by atoms with Crippen molar-refractivity contribution in [3.05, 3.63) is 0 Å². The van der Waals surface area contributed by atoms with Crippen molar-refractivity contribution in [2.24, 2.45) is 0 Å². The minimum Gasteiger partial charge on any atom is -0.480 e. The molecule has 0 spiro atoms. The van der Waals surface area contributed by atoms with E-state index in [0.717, 1.165) is 0 Å². The summed E-state index contributed by atoms with van der Waals surface area (Å²) in [4.78, 5) is 20.7. The summed E-state index contributed by atoms with van der Waals surface area (Å²) in [5.74, 6) is -1.25. The summed E-state index contributed by atoms with van der Waals surface area (Å²) >= 11 is 5.67. The van der Waals surface area contributed by atoms with E-state index in [9.17, 15) is 9.59 Å². The molecule has 0 aromatic rings. The van der Waals surface area contributed by atoms with Gasteiger partial charge in [0.05, 0.1) is 0 Å². The Balaban J connectivity index is 0. The summed E-state index contributed by atoms with van der Waals surface area (Å²) in [7, 11) is -1.14. The second kappa shape index (κ2) is 7.70. The highest BCUT2D eigenvalue weighted by molar-refractivity contribution is 7.18. The van der Waals surface area contributed by atoms with Crippen LogP contribution in [0.5, 0.6) is 0 Å². The van der Waals surface area contributed by atoms with E-state index < -0.39 is 19.4 Å². The van der Waals surface area contributed by atoms with Gasteiger partial charge in [-0.2, -0.15) is 11.1 Å². The first-order valence-corrected chi connectivity index (χ1v) is 9.30. The van der Waals surface area contributed by atoms with Crippen LogP contribution in [-0.2, 0) is 9.59 Å². The zero-order valence-electron chi connectivity index (χ0n) is 9.93. The average molecular weight is 254 g/mol. The van der Waals surface area contributed by atoms with Crippen molar-refractivity contribution < 1.29 is 14.7 Å². The fraction of sp³-hybridized carbons (Fsp3) is 0.778. The molecule has 0 saturated heterocycles. The Kier molecular flexibility index (Phi) is 8.66. The van der Waals surface area contributed by atoms with Gasteiger partial charge in [-0.15, -0.1) is 0 Å². The minimum atomic E-state index is -1.14. The molecule has 15 heavy (non-hydrogen) atoms. The first kappa shape index (κ1) is 16.9. The molecule has 0 fully saturated rings. The fourth-order valence-electron chi connectivity index (χ4n) is 0.405. The van der Waals surface area contributed by atoms with E-state index in [1.165, 1.54) is 6.92 Å². The maximum Gasteiger partial charge on any atom is 0.325 e. The van der Waals surface area contributed by atoms with E-state index in [-0.39, 0.29) is 5.91 Å². The van der Waals surface area contributed by atoms with Gasteiger partial charge in [-0.3, -0.25) is 9.59 Å². The number of nitrogens with one attached hydrogen (secondary N) is 1. The first-order valence-electron chi connectivity index (χ1n) is 4.79. The summed E-state index contributed by atoms with van der Waals surface area (Å²) in [6, 6.07) is -0.785. The van der Waals surface area contributed by atoms with Gasteiger partial charge in [-0.25, -0.2) is 0 Å². The van der Waals surface area contributed by atoms with Crippen LogP contribution in [0.3, 0.4) is 0 Å². The molecule has 90 valence electrons. The monoisotopic (exact) mass is 253 g/mol. The van der Waals surface area contributed by atoms with Gasteiger partial charge < -0.3 is 10.4 Å². The van der Waals surface area contributed by atoms with Gasteiger partial charge in [0, 0.05) is 6.42 Å². The number of carboxylic acids is 1. The predicted octanol–water partition coefficient (Wildman–Crippen LogP) is 2.05. The van der Waals surface area contributed by atoms with Crippen LogP contribution in [0.4, 0.5) is 0 Å². The Morgan fingerprint density at radius 2 is 1.73 bits per heavy atom. The van der Waals surface area contributed by atoms with Crippen LogP contribution in [0.25, 0.3) is 0 Å². The van der Waals surface area contributed by atoms with Crippen molar-refractivity contribution in [1.29, 1.82) is 0 Å². The third kappa shape index (κ3) is 19.7. The summed E-state index contributed by atoms with van der Waals surface area (Å²) in [5, 5.41) is 10.6. The number of rotatable bonds is 3. The molecule has 0 aliphatic heterocycles. The van der Waals surface area contributed by atoms with Crippen LogP contribution in [0.1, 0.15) is 20.3 Å². The zero-order chi connectivity index (χ0) is 12.6. The molecule has 6 heteroatoms. The van der Waals surface area contributed by atoms with Crippen LogP contribution in [0.15, 0.2) is 0 Å². The quantitative estimate of drug-likeness (QED) is 0.598. The van der Waals surface area contributed by atoms with Gasteiger partial charge in [-0.05, 0) is 6.92 Å². The van der Waals surface area contributed by atoms with E-state index in [2.05, 4.69) is 25.0 Å². The van der Waals surface area contributed by atoms with E-state index in [1.807, 2.05) is 0 Å². The number of carboxylic acid groups (broad SMARTS) is 1. The molecule has 0 bridgehead atoms. The Morgan fingerprint density at radius 3 is 1.93 bits per heavy atom. The standard InChI is InChI=1S/C6H11NO3.C3H9ClSi/c1-3-5(8)7-4(2)6(9)10;1-5(2,3)4/h4H,3H2,1-2H3,(H,7,8)(H,9,10);1-3H3. The Morgan fingerprint density at radius 1 is 1.40 bits per heavy atom. The third-order valence-corrected chi connectivity index (χ3v) is 1.07. The maximum atomic E-state index is 10.6. The highest BCUT2D eigenvalue weighted by Gasteiger charge is 2.11. The van der Waals surface area contributed by atoms with Gasteiger partial charge >= 0.3 is 5.97 Å². The van der Waals surface area contributed by atoms with Gasteiger partial charge in [0.2, 0.25) is 5.91 Å². The van der Waals surface area contributed by atoms with Crippen LogP contribution < -0.4 is 5.32 Å². The van der Waals surface area contributed by atoms with Gasteiger partial charge in [-0.1, -0.05) is 26.6 Å². The number of hydrogen-bond acceptors (Lipinski definition) is 2. The molecule has 0 heterocycles. The number of hydrogen-bond donors (Lipinski definition) is 2. The lowest BCUT2D eigenvalue weighted by Crippen LogP contribution is -2.37. The van der Waals surface area contributed by atoms with Crippen molar-refractivity contribution >= 4 is 30.3 Å². The zero-order valence-corrected chi connectivity index (χ0v) is 11.7. The van der Waals surface area contributed by atoms with Crippen molar-refractivity contribution in [2.75, 3.05) is 0 Å². The molecule has 0 radical (unpaired) electrons. The summed E-state index contributed by atoms with van der Waals surface area (Å²) in [6.07, 6.45) is 0.317. The highest BCUT2D eigenvalue weighted by Crippen LogP contribution is 2.03. The molecule has 1 unspecified atom stereocenters. The van der Waals surface area contributed by atoms with Crippen molar-refractivity contribution in [1.82, 2.24) is 5.32 Å². The van der Waals surface area contributed by atoms with E-state index >= 15 is 0 Å². The lowest BCUT2D eigenvalue weighted by Gasteiger charge is -2.06. The van der Waals surface area contributed by atoms with Crippen LogP contribution >= 0.6 is 11.1 Å². The van der Waals surface area contributed by atoms with E-state index in [4.69, 9.17) is 16.2 Å². The molecule has 2 N–H and O–H groups in total. The largest absolute Gasteiger partial charge is 0.480 e. The Labute approximate surface area is 96.7 Å². The molecule has 0 aliphatic carbocycles. The Bertz CT molecular complexity index is 210. The second-order valence-electron chi connectivity index (χ2n) is 4.05. The average Bonchev–Trinajstić information content (AvgIpc) is 2.00. The van der Waals surface area contributed by atoms with Gasteiger partial charge in [0.15, 0.2) is 0 Å². The third-order valence-electron chi connectivity index (χ3n) is 1.07. The predicted molar refractivity (Wildman–Crippen MR) is 64.7 cm³/mol. The number of carbonyl (C=O) groups excluding carboxylic acids is 1. The van der Waals surface area contributed by atoms with Gasteiger partial charge in [0.25, 0.3) is 0 Å². The SMILES string of the molecule is CCC(=O)NC(C)C(=O)O.C[Si](C)(C)Cl. The van der Waals surface area contributed by atoms with E-state index in [0.29, 0.717) is 6.42 Å². The normalized spacial score (nSPS) is 12.1. The molecule has 1 atom stereocenters. The molecule has 0 rings (SSSR count). The molecular weight excluding hydrogens is 234 g/mol. The first-order chi connectivity index (χ1) is 6.57. The highest BCUT2D eigenvalue weighted by atomic mass is 35.6. The molecule has 1 amide bonds. The van der Waals surface area contributed by atoms with Crippen molar-refractivity contribution in [3.63, 3.8) is 0 Å². The summed E-state index contributed by atoms with van der Waals surface area (Å²) in [6.45, 7) is 9.37. The van der Waals surface area contributed by atoms with Crippen LogP contribution in [0, 0.1) is 0 Å². The smallest absolute Gasteiger partial charge is 0.325 e. The maximum absolute atomic E-state index is 10.6. The second-order valence-corrected chi connectivity index (χ2v) is 11.6. The lowest BCUT2D eigenvalue weighted by atomic mass is 10.3. The number of aliphatic carboxylic acids is 1. The molecule has 4 nitrogen and oxygen atoms in total. The minimum absolute atomic E-state index is 0.241. The van der Waals surface area contributed by atoms with Crippen molar-refractivity contribution in [2.45, 2.75) is 46.0 Å². The molecular formula is C9H20ClNO3Si. The lowest BCUT2D eigenvalue weighted by molar-refractivity contribution is -0.141. The fourth-order valence-corrected chi connectivity index (χ4v) is 0.405. The number of amides is 1.